The number of hydrogen-bond donors (Lipinski definition) is 1. The number of esters is 1. The Morgan fingerprint density at radius 1 is 0.897 bits per heavy atom. The topological polar surface area (TPSA) is 99.2 Å². The van der Waals surface area contributed by atoms with Crippen molar-refractivity contribution in [3.63, 3.8) is 0 Å². The van der Waals surface area contributed by atoms with E-state index in [9.17, 15) is 9.59 Å². The summed E-state index contributed by atoms with van der Waals surface area (Å²) in [5, 5.41) is 19.2. The van der Waals surface area contributed by atoms with Gasteiger partial charge in [-0.2, -0.15) is 10.2 Å². The zero-order valence-electron chi connectivity index (χ0n) is 15.7. The van der Waals surface area contributed by atoms with E-state index in [4.69, 9.17) is 28.3 Å². The maximum Gasteiger partial charge on any atom is 0.359 e. The Morgan fingerprint density at radius 3 is 1.79 bits per heavy atom. The Bertz CT molecular complexity index is 1250. The van der Waals surface area contributed by atoms with Crippen LogP contribution in [0.5, 0.6) is 0 Å². The van der Waals surface area contributed by atoms with Crippen LogP contribution in [0.2, 0.25) is 10.0 Å². The van der Waals surface area contributed by atoms with Gasteiger partial charge in [0, 0.05) is 34.9 Å². The van der Waals surface area contributed by atoms with Crippen LogP contribution in [0, 0.1) is 0 Å². The van der Waals surface area contributed by atoms with Crippen molar-refractivity contribution in [3.8, 4) is 0 Å². The van der Waals surface area contributed by atoms with Crippen LogP contribution in [-0.2, 0) is 18.8 Å². The van der Waals surface area contributed by atoms with Gasteiger partial charge in [-0.25, -0.2) is 9.59 Å². The number of methoxy groups -OCH3 is 1. The van der Waals surface area contributed by atoms with E-state index in [-0.39, 0.29) is 11.4 Å². The molecule has 0 radical (unpaired) electrons. The third-order valence-electron chi connectivity index (χ3n) is 4.21. The lowest BCUT2D eigenvalue weighted by atomic mass is 10.2. The Labute approximate surface area is 175 Å². The zero-order chi connectivity index (χ0) is 21.3. The van der Waals surface area contributed by atoms with E-state index in [1.165, 1.54) is 11.8 Å². The van der Waals surface area contributed by atoms with Crippen LogP contribution in [-0.4, -0.2) is 43.7 Å². The van der Waals surface area contributed by atoms with Crippen molar-refractivity contribution in [2.24, 2.45) is 14.1 Å². The molecule has 0 saturated carbocycles. The molecule has 2 aromatic heterocycles. The first-order valence-corrected chi connectivity index (χ1v) is 9.04. The van der Waals surface area contributed by atoms with Crippen LogP contribution in [0.3, 0.4) is 0 Å². The molecule has 10 heteroatoms. The van der Waals surface area contributed by atoms with Gasteiger partial charge >= 0.3 is 11.9 Å². The van der Waals surface area contributed by atoms with Crippen molar-refractivity contribution >= 4 is 56.9 Å². The maximum atomic E-state index is 11.4. The lowest BCUT2D eigenvalue weighted by Crippen LogP contribution is -2.03. The molecule has 0 atom stereocenters. The Hall–Kier alpha value is -3.10. The molecule has 4 aromatic rings. The quantitative estimate of drug-likeness (QED) is 0.479. The molecule has 0 spiro atoms. The number of carbonyl (C=O) groups excluding carboxylic acids is 1. The molecule has 8 nitrogen and oxygen atoms in total. The standard InChI is InChI=1S/C10H9ClN2O2.C9H7ClN2O2/c1-13-8-4-3-6(11)5-7(8)9(12-13)10(14)15-2;1-12-7-3-2-5(10)4-6(7)8(11-12)9(13)14/h3-5H,1-2H3;2-4H,1H3,(H,13,14). The number of fused-ring (bicyclic) bond motifs is 2. The number of halogens is 2. The second-order valence-corrected chi connectivity index (χ2v) is 6.94. The third kappa shape index (κ3) is 4.03. The minimum atomic E-state index is -1.04. The molecule has 0 saturated heterocycles. The summed E-state index contributed by atoms with van der Waals surface area (Å²) in [6.07, 6.45) is 0. The van der Waals surface area contributed by atoms with Crippen LogP contribution in [0.15, 0.2) is 36.4 Å². The molecule has 0 aliphatic carbocycles. The number of hydrogen-bond acceptors (Lipinski definition) is 5. The highest BCUT2D eigenvalue weighted by molar-refractivity contribution is 6.31. The van der Waals surface area contributed by atoms with Crippen molar-refractivity contribution < 1.29 is 19.4 Å². The van der Waals surface area contributed by atoms with Crippen molar-refractivity contribution in [1.82, 2.24) is 19.6 Å². The summed E-state index contributed by atoms with van der Waals surface area (Å²) in [5.74, 6) is -1.50. The van der Waals surface area contributed by atoms with Gasteiger partial charge in [0.25, 0.3) is 0 Å². The number of carboxylic acids is 1. The van der Waals surface area contributed by atoms with Crippen molar-refractivity contribution in [3.05, 3.63) is 57.8 Å². The maximum absolute atomic E-state index is 11.4. The van der Waals surface area contributed by atoms with Gasteiger partial charge < -0.3 is 9.84 Å². The van der Waals surface area contributed by atoms with E-state index in [0.717, 1.165) is 11.0 Å². The highest BCUT2D eigenvalue weighted by Gasteiger charge is 2.16. The number of aryl methyl sites for hydroxylation is 2. The minimum absolute atomic E-state index is 0.0324. The van der Waals surface area contributed by atoms with Crippen LogP contribution in [0.1, 0.15) is 21.0 Å². The van der Waals surface area contributed by atoms with Gasteiger partial charge in [-0.05, 0) is 36.4 Å². The summed E-state index contributed by atoms with van der Waals surface area (Å²) in [6.45, 7) is 0. The first kappa shape index (κ1) is 20.6. The largest absolute Gasteiger partial charge is 0.476 e. The van der Waals surface area contributed by atoms with Gasteiger partial charge in [-0.15, -0.1) is 0 Å². The minimum Gasteiger partial charge on any atom is -0.476 e. The second-order valence-electron chi connectivity index (χ2n) is 6.06. The summed E-state index contributed by atoms with van der Waals surface area (Å²) in [7, 11) is 4.79. The number of benzene rings is 2. The van der Waals surface area contributed by atoms with Crippen LogP contribution < -0.4 is 0 Å². The molecule has 0 aliphatic rings. The Morgan fingerprint density at radius 2 is 1.34 bits per heavy atom. The van der Waals surface area contributed by atoms with E-state index in [1.54, 1.807) is 49.1 Å². The van der Waals surface area contributed by atoms with Crippen molar-refractivity contribution in [2.75, 3.05) is 7.11 Å². The van der Waals surface area contributed by atoms with E-state index < -0.39 is 11.9 Å². The predicted octanol–water partition coefficient (Wildman–Crippen LogP) is 3.94. The predicted molar refractivity (Wildman–Crippen MR) is 110 cm³/mol. The number of carbonyl (C=O) groups is 2. The van der Waals surface area contributed by atoms with Gasteiger partial charge in [0.05, 0.1) is 18.1 Å². The summed E-state index contributed by atoms with van der Waals surface area (Å²) in [4.78, 5) is 22.2. The molecular weight excluding hydrogens is 419 g/mol. The third-order valence-corrected chi connectivity index (χ3v) is 4.68. The molecule has 0 amide bonds. The Balaban J connectivity index is 0.000000166. The molecule has 2 heterocycles. The number of carboxylic acid groups (broad SMARTS) is 1. The normalized spacial score (nSPS) is 10.7. The number of aromatic carboxylic acids is 1. The van der Waals surface area contributed by atoms with E-state index in [0.29, 0.717) is 20.8 Å². The van der Waals surface area contributed by atoms with Crippen LogP contribution in [0.4, 0.5) is 0 Å². The van der Waals surface area contributed by atoms with Gasteiger partial charge in [0.2, 0.25) is 0 Å². The summed E-state index contributed by atoms with van der Waals surface area (Å²) in [6, 6.07) is 10.3. The first-order valence-electron chi connectivity index (χ1n) is 8.29. The number of aromatic nitrogens is 4. The fourth-order valence-electron chi connectivity index (χ4n) is 2.88. The molecule has 0 fully saturated rings. The molecular formula is C19H16Cl2N4O4. The molecule has 1 N–H and O–H groups in total. The summed E-state index contributed by atoms with van der Waals surface area (Å²) in [5.41, 5.74) is 1.93. The molecule has 150 valence electrons. The van der Waals surface area contributed by atoms with Crippen LogP contribution in [0.25, 0.3) is 21.8 Å². The highest BCUT2D eigenvalue weighted by atomic mass is 35.5. The SMILES string of the molecule is COC(=O)c1nn(C)c2ccc(Cl)cc12.Cn1nc(C(=O)O)c2cc(Cl)ccc21. The number of rotatable bonds is 2. The summed E-state index contributed by atoms with van der Waals surface area (Å²) >= 11 is 11.6. The van der Waals surface area contributed by atoms with E-state index >= 15 is 0 Å². The lowest BCUT2D eigenvalue weighted by Gasteiger charge is -1.95. The smallest absolute Gasteiger partial charge is 0.359 e. The monoisotopic (exact) mass is 434 g/mol. The number of nitrogens with zero attached hydrogens (tertiary/aromatic N) is 4. The first-order chi connectivity index (χ1) is 13.7. The van der Waals surface area contributed by atoms with Crippen LogP contribution >= 0.6 is 23.2 Å². The zero-order valence-corrected chi connectivity index (χ0v) is 17.2. The average Bonchev–Trinajstić information content (AvgIpc) is 3.18. The van der Waals surface area contributed by atoms with Gasteiger partial charge in [0.15, 0.2) is 11.4 Å². The van der Waals surface area contributed by atoms with E-state index in [2.05, 4.69) is 14.9 Å². The number of ether oxygens (including phenoxy) is 1. The fraction of sp³-hybridized carbons (Fsp3) is 0.158. The van der Waals surface area contributed by atoms with Gasteiger partial charge in [0.1, 0.15) is 0 Å². The van der Waals surface area contributed by atoms with Gasteiger partial charge in [-0.1, -0.05) is 23.2 Å². The summed E-state index contributed by atoms with van der Waals surface area (Å²) < 4.78 is 7.79. The average molecular weight is 435 g/mol. The molecule has 0 aliphatic heterocycles. The van der Waals surface area contributed by atoms with Crippen molar-refractivity contribution in [1.29, 1.82) is 0 Å². The fourth-order valence-corrected chi connectivity index (χ4v) is 3.23. The lowest BCUT2D eigenvalue weighted by molar-refractivity contribution is 0.0594. The van der Waals surface area contributed by atoms with Crippen molar-refractivity contribution in [2.45, 2.75) is 0 Å². The molecule has 4 rings (SSSR count). The highest BCUT2D eigenvalue weighted by Crippen LogP contribution is 2.23. The van der Waals surface area contributed by atoms with Gasteiger partial charge in [-0.3, -0.25) is 9.36 Å². The molecule has 2 aromatic carbocycles. The molecule has 0 bridgehead atoms. The molecule has 0 unspecified atom stereocenters. The molecule has 29 heavy (non-hydrogen) atoms. The van der Waals surface area contributed by atoms with E-state index in [1.807, 2.05) is 6.07 Å². The second kappa shape index (κ2) is 8.10. The Kier molecular flexibility index (Phi) is 5.76.